The van der Waals surface area contributed by atoms with Crippen molar-refractivity contribution < 1.29 is 14.4 Å². The summed E-state index contributed by atoms with van der Waals surface area (Å²) < 4.78 is 0.775. The van der Waals surface area contributed by atoms with E-state index in [0.29, 0.717) is 42.6 Å². The number of anilines is 1. The molecule has 0 aliphatic carbocycles. The first-order chi connectivity index (χ1) is 13.2. The fourth-order valence-electron chi connectivity index (χ4n) is 3.62. The Morgan fingerprint density at radius 2 is 1.79 bits per heavy atom. The van der Waals surface area contributed by atoms with Crippen molar-refractivity contribution in [2.24, 2.45) is 17.8 Å². The van der Waals surface area contributed by atoms with Crippen LogP contribution in [-0.2, 0) is 9.59 Å². The van der Waals surface area contributed by atoms with Crippen molar-refractivity contribution in [3.63, 3.8) is 0 Å². The van der Waals surface area contributed by atoms with Gasteiger partial charge in [0.2, 0.25) is 11.8 Å². The van der Waals surface area contributed by atoms with E-state index in [1.807, 2.05) is 18.7 Å². The van der Waals surface area contributed by atoms with Crippen LogP contribution in [-0.4, -0.2) is 42.3 Å². The summed E-state index contributed by atoms with van der Waals surface area (Å²) in [5, 5.41) is 5.38. The molecule has 7 heteroatoms. The number of likely N-dealkylation sites (tertiary alicyclic amines) is 1. The molecular weight excluding hydrogens is 422 g/mol. The summed E-state index contributed by atoms with van der Waals surface area (Å²) in [6.45, 7) is 9.51. The highest BCUT2D eigenvalue weighted by molar-refractivity contribution is 9.10. The van der Waals surface area contributed by atoms with Crippen molar-refractivity contribution in [2.45, 2.75) is 40.5 Å². The van der Waals surface area contributed by atoms with Crippen molar-refractivity contribution in [1.29, 1.82) is 0 Å². The van der Waals surface area contributed by atoms with E-state index in [-0.39, 0.29) is 30.2 Å². The van der Waals surface area contributed by atoms with E-state index >= 15 is 0 Å². The van der Waals surface area contributed by atoms with E-state index in [1.165, 1.54) is 0 Å². The fraction of sp³-hybridized carbons (Fsp3) is 0.571. The zero-order valence-corrected chi connectivity index (χ0v) is 18.6. The standard InChI is InChI=1S/C21H30BrN3O3/c1-13(2)7-19(26)23-10-20(27)24-18-6-5-16(22)9-17(18)21(28)25-11-14(3)8-15(4)12-25/h5-6,9,13-15H,7-8,10-12H2,1-4H3,(H,23,26)(H,24,27)/t14-,15+. The molecule has 154 valence electrons. The van der Waals surface area contributed by atoms with E-state index in [2.05, 4.69) is 40.4 Å². The Kier molecular flexibility index (Phi) is 8.04. The molecule has 2 atom stereocenters. The van der Waals surface area contributed by atoms with Crippen LogP contribution in [0.2, 0.25) is 0 Å². The van der Waals surface area contributed by atoms with Crippen LogP contribution in [0.1, 0.15) is 50.9 Å². The highest BCUT2D eigenvalue weighted by Crippen LogP contribution is 2.27. The third-order valence-corrected chi connectivity index (χ3v) is 5.18. The predicted molar refractivity (Wildman–Crippen MR) is 114 cm³/mol. The fourth-order valence-corrected chi connectivity index (χ4v) is 3.98. The van der Waals surface area contributed by atoms with Crippen LogP contribution in [0.5, 0.6) is 0 Å². The predicted octanol–water partition coefficient (Wildman–Crippen LogP) is 3.67. The van der Waals surface area contributed by atoms with E-state index in [4.69, 9.17) is 0 Å². The summed E-state index contributed by atoms with van der Waals surface area (Å²) >= 11 is 3.41. The van der Waals surface area contributed by atoms with Gasteiger partial charge >= 0.3 is 0 Å². The Hall–Kier alpha value is -1.89. The third-order valence-electron chi connectivity index (χ3n) is 4.68. The van der Waals surface area contributed by atoms with Crippen LogP contribution in [0.15, 0.2) is 22.7 Å². The van der Waals surface area contributed by atoms with Crippen LogP contribution in [0.4, 0.5) is 5.69 Å². The van der Waals surface area contributed by atoms with Gasteiger partial charge in [-0.05, 0) is 42.4 Å². The molecule has 0 aromatic heterocycles. The molecular formula is C21H30BrN3O3. The molecule has 0 radical (unpaired) electrons. The van der Waals surface area contributed by atoms with Crippen LogP contribution in [0.3, 0.4) is 0 Å². The van der Waals surface area contributed by atoms with Crippen LogP contribution < -0.4 is 10.6 Å². The normalized spacial score (nSPS) is 19.4. The van der Waals surface area contributed by atoms with Gasteiger partial charge < -0.3 is 15.5 Å². The second-order valence-electron chi connectivity index (χ2n) is 8.27. The van der Waals surface area contributed by atoms with Gasteiger partial charge in [0, 0.05) is 24.0 Å². The largest absolute Gasteiger partial charge is 0.347 e. The number of carbonyl (C=O) groups excluding carboxylic acids is 3. The Morgan fingerprint density at radius 3 is 2.39 bits per heavy atom. The maximum atomic E-state index is 13.1. The zero-order chi connectivity index (χ0) is 20.8. The van der Waals surface area contributed by atoms with Gasteiger partial charge in [0.15, 0.2) is 0 Å². The van der Waals surface area contributed by atoms with Gasteiger partial charge in [0.05, 0.1) is 17.8 Å². The second kappa shape index (κ2) is 10.0. The Bertz CT molecular complexity index is 726. The van der Waals surface area contributed by atoms with Gasteiger partial charge in [-0.1, -0.05) is 43.6 Å². The van der Waals surface area contributed by atoms with Gasteiger partial charge in [-0.25, -0.2) is 0 Å². The van der Waals surface area contributed by atoms with Crippen molar-refractivity contribution >= 4 is 39.3 Å². The highest BCUT2D eigenvalue weighted by Gasteiger charge is 2.27. The molecule has 1 aliphatic heterocycles. The number of benzene rings is 1. The number of amides is 3. The average molecular weight is 452 g/mol. The monoisotopic (exact) mass is 451 g/mol. The molecule has 0 spiro atoms. The molecule has 1 aromatic carbocycles. The number of piperidine rings is 1. The molecule has 28 heavy (non-hydrogen) atoms. The summed E-state index contributed by atoms with van der Waals surface area (Å²) in [7, 11) is 0. The molecule has 3 amide bonds. The van der Waals surface area contributed by atoms with Gasteiger partial charge in [0.25, 0.3) is 5.91 Å². The van der Waals surface area contributed by atoms with Gasteiger partial charge in [0.1, 0.15) is 0 Å². The highest BCUT2D eigenvalue weighted by atomic mass is 79.9. The van der Waals surface area contributed by atoms with Crippen LogP contribution >= 0.6 is 15.9 Å². The van der Waals surface area contributed by atoms with Gasteiger partial charge in [-0.3, -0.25) is 14.4 Å². The number of rotatable bonds is 6. The number of hydrogen-bond acceptors (Lipinski definition) is 3. The van der Waals surface area contributed by atoms with Crippen molar-refractivity contribution in [2.75, 3.05) is 25.0 Å². The van der Waals surface area contributed by atoms with Crippen molar-refractivity contribution in [3.05, 3.63) is 28.2 Å². The first kappa shape index (κ1) is 22.4. The minimum atomic E-state index is -0.353. The summed E-state index contributed by atoms with van der Waals surface area (Å²) in [5.74, 6) is 0.539. The van der Waals surface area contributed by atoms with Crippen LogP contribution in [0, 0.1) is 17.8 Å². The lowest BCUT2D eigenvalue weighted by molar-refractivity contribution is -0.124. The molecule has 1 saturated heterocycles. The number of carbonyl (C=O) groups is 3. The minimum Gasteiger partial charge on any atom is -0.347 e. The lowest BCUT2D eigenvalue weighted by atomic mass is 9.91. The topological polar surface area (TPSA) is 78.5 Å². The maximum absolute atomic E-state index is 13.1. The molecule has 6 nitrogen and oxygen atoms in total. The SMILES string of the molecule is CC(C)CC(=O)NCC(=O)Nc1ccc(Br)cc1C(=O)N1C[C@H](C)C[C@H](C)C1. The van der Waals surface area contributed by atoms with E-state index in [1.54, 1.807) is 18.2 Å². The molecule has 1 fully saturated rings. The number of halogens is 1. The van der Waals surface area contributed by atoms with Gasteiger partial charge in [-0.15, -0.1) is 0 Å². The van der Waals surface area contributed by atoms with E-state index < -0.39 is 0 Å². The zero-order valence-electron chi connectivity index (χ0n) is 17.0. The number of nitrogens with one attached hydrogen (secondary N) is 2. The lowest BCUT2D eigenvalue weighted by Gasteiger charge is -2.35. The van der Waals surface area contributed by atoms with Crippen molar-refractivity contribution in [3.8, 4) is 0 Å². The minimum absolute atomic E-state index is 0.0844. The molecule has 0 saturated carbocycles. The first-order valence-corrected chi connectivity index (χ1v) is 10.6. The first-order valence-electron chi connectivity index (χ1n) is 9.81. The van der Waals surface area contributed by atoms with Crippen molar-refractivity contribution in [1.82, 2.24) is 10.2 Å². The molecule has 1 aromatic rings. The molecule has 2 rings (SSSR count). The maximum Gasteiger partial charge on any atom is 0.256 e. The molecule has 0 bridgehead atoms. The molecule has 0 unspecified atom stereocenters. The summed E-state index contributed by atoms with van der Waals surface area (Å²) in [5.41, 5.74) is 0.916. The Morgan fingerprint density at radius 1 is 1.14 bits per heavy atom. The Balaban J connectivity index is 2.08. The summed E-state index contributed by atoms with van der Waals surface area (Å²) in [6.07, 6.45) is 1.49. The number of nitrogens with zero attached hydrogens (tertiary/aromatic N) is 1. The average Bonchev–Trinajstić information content (AvgIpc) is 2.59. The van der Waals surface area contributed by atoms with E-state index in [9.17, 15) is 14.4 Å². The molecule has 2 N–H and O–H groups in total. The Labute approximate surface area is 175 Å². The number of hydrogen-bond donors (Lipinski definition) is 2. The summed E-state index contributed by atoms with van der Waals surface area (Å²) in [4.78, 5) is 39.0. The quantitative estimate of drug-likeness (QED) is 0.692. The third kappa shape index (κ3) is 6.62. The smallest absolute Gasteiger partial charge is 0.256 e. The van der Waals surface area contributed by atoms with Crippen LogP contribution in [0.25, 0.3) is 0 Å². The van der Waals surface area contributed by atoms with E-state index in [0.717, 1.165) is 10.9 Å². The molecule has 1 heterocycles. The lowest BCUT2D eigenvalue weighted by Crippen LogP contribution is -2.43. The summed E-state index contributed by atoms with van der Waals surface area (Å²) in [6, 6.07) is 5.23. The van der Waals surface area contributed by atoms with Gasteiger partial charge in [-0.2, -0.15) is 0 Å². The molecule has 1 aliphatic rings. The second-order valence-corrected chi connectivity index (χ2v) is 9.18.